The number of aliphatic hydroxyl groups is 1. The van der Waals surface area contributed by atoms with Crippen molar-refractivity contribution in [3.8, 4) is 0 Å². The van der Waals surface area contributed by atoms with Gasteiger partial charge in [-0.25, -0.2) is 0 Å². The number of unbranched alkanes of at least 4 members (excludes halogenated alkanes) is 1. The highest BCUT2D eigenvalue weighted by atomic mass is 127. The molecule has 3 N–H and O–H groups in total. The maximum atomic E-state index is 8.64. The van der Waals surface area contributed by atoms with Crippen molar-refractivity contribution in [3.05, 3.63) is 12.2 Å². The summed E-state index contributed by atoms with van der Waals surface area (Å²) >= 11 is 0.342. The Morgan fingerprint density at radius 1 is 1.55 bits per heavy atom. The van der Waals surface area contributed by atoms with Crippen LogP contribution in [-0.2, 0) is 0 Å². The summed E-state index contributed by atoms with van der Waals surface area (Å²) in [6, 6.07) is 0. The zero-order chi connectivity index (χ0) is 8.53. The number of allylic oxidation sites excluding steroid dienone is 1. The molecule has 11 heavy (non-hydrogen) atoms. The molecular formula is C8H16INO. The summed E-state index contributed by atoms with van der Waals surface area (Å²) in [6.07, 6.45) is 4.91. The first-order chi connectivity index (χ1) is 5.27. The van der Waals surface area contributed by atoms with Gasteiger partial charge in [0.15, 0.2) is 0 Å². The molecule has 0 spiro atoms. The van der Waals surface area contributed by atoms with Gasteiger partial charge in [0.2, 0.25) is 0 Å². The van der Waals surface area contributed by atoms with E-state index in [0.717, 1.165) is 12.8 Å². The summed E-state index contributed by atoms with van der Waals surface area (Å²) < 4.78 is 3.69. The van der Waals surface area contributed by atoms with Gasteiger partial charge in [0, 0.05) is 0 Å². The minimum atomic E-state index is -0.782. The van der Waals surface area contributed by atoms with E-state index in [1.807, 2.05) is 6.08 Å². The molecule has 0 saturated carbocycles. The van der Waals surface area contributed by atoms with Crippen LogP contribution in [0.2, 0.25) is 0 Å². The molecule has 0 aliphatic carbocycles. The largest absolute Gasteiger partial charge is 0.375 e. The molecule has 0 aromatic rings. The predicted octanol–water partition coefficient (Wildman–Crippen LogP) is 1.39. The second-order valence-electron chi connectivity index (χ2n) is 2.07. The summed E-state index contributed by atoms with van der Waals surface area (Å²) in [6.45, 7) is 2.21. The van der Waals surface area contributed by atoms with Gasteiger partial charge in [-0.2, -0.15) is 0 Å². The molecular weight excluding hydrogens is 253 g/mol. The molecule has 0 radical (unpaired) electrons. The zero-order valence-corrected chi connectivity index (χ0v) is 8.99. The molecule has 3 heteroatoms. The van der Waals surface area contributed by atoms with Gasteiger partial charge in [-0.05, 0) is 23.3 Å². The normalized spacial score (nSPS) is 15.5. The third-order valence-corrected chi connectivity index (χ3v) is 3.17. The van der Waals surface area contributed by atoms with E-state index < -0.39 is 6.23 Å². The molecule has 0 amide bonds. The van der Waals surface area contributed by atoms with Gasteiger partial charge in [-0.15, -0.1) is 20.7 Å². The molecule has 0 aromatic heterocycles. The van der Waals surface area contributed by atoms with Crippen molar-refractivity contribution in [2.45, 2.75) is 26.0 Å². The topological polar surface area (TPSA) is 46.2 Å². The van der Waals surface area contributed by atoms with Crippen molar-refractivity contribution in [1.82, 2.24) is 0 Å². The van der Waals surface area contributed by atoms with Crippen LogP contribution in [0.15, 0.2) is 12.2 Å². The lowest BCUT2D eigenvalue weighted by molar-refractivity contribution is 0.231. The van der Waals surface area contributed by atoms with Crippen LogP contribution in [-0.4, -0.2) is 19.8 Å². The average molecular weight is 269 g/mol. The maximum Gasteiger partial charge on any atom is 0.121 e. The maximum absolute atomic E-state index is 8.64. The number of hydrogen-bond donors (Lipinski definition) is 2. The monoisotopic (exact) mass is 269 g/mol. The number of alkyl halides is 1. The van der Waals surface area contributed by atoms with Gasteiger partial charge in [-0.3, -0.25) is 0 Å². The fraction of sp³-hybridized carbons (Fsp3) is 0.625. The SMILES string of the molecule is CCI=CCC/C=C/[C@@H](N)O. The number of halogens is 1. The Morgan fingerprint density at radius 3 is 2.82 bits per heavy atom. The molecule has 0 fully saturated rings. The van der Waals surface area contributed by atoms with Gasteiger partial charge in [0.1, 0.15) is 6.23 Å². The molecule has 0 heterocycles. The number of aliphatic hydroxyl groups excluding tert-OH is 1. The van der Waals surface area contributed by atoms with E-state index in [9.17, 15) is 0 Å². The molecule has 66 valence electrons. The standard InChI is InChI=1S/C8H16INO/c1-2-9-7-5-3-4-6-8(10)11/h4,6-8,11H,2-3,5,10H2,1H3/b6-4+/t8-/m0/s1. The summed E-state index contributed by atoms with van der Waals surface area (Å²) in [5, 5.41) is 8.64. The number of rotatable bonds is 5. The molecule has 0 unspecified atom stereocenters. The molecule has 0 rings (SSSR count). The van der Waals surface area contributed by atoms with Gasteiger partial charge in [0.25, 0.3) is 0 Å². The van der Waals surface area contributed by atoms with E-state index in [1.54, 1.807) is 6.08 Å². The van der Waals surface area contributed by atoms with Crippen LogP contribution in [0.4, 0.5) is 0 Å². The van der Waals surface area contributed by atoms with Crippen LogP contribution in [0.5, 0.6) is 0 Å². The highest BCUT2D eigenvalue weighted by Crippen LogP contribution is 1.96. The van der Waals surface area contributed by atoms with Crippen LogP contribution >= 0.6 is 20.7 Å². The lowest BCUT2D eigenvalue weighted by atomic mass is 10.3. The lowest BCUT2D eigenvalue weighted by Crippen LogP contribution is -2.14. The minimum absolute atomic E-state index is 0.342. The van der Waals surface area contributed by atoms with E-state index >= 15 is 0 Å². The summed E-state index contributed by atoms with van der Waals surface area (Å²) in [5.74, 6) is 0. The smallest absolute Gasteiger partial charge is 0.121 e. The first-order valence-corrected chi connectivity index (χ1v) is 6.54. The Morgan fingerprint density at radius 2 is 2.27 bits per heavy atom. The van der Waals surface area contributed by atoms with Crippen LogP contribution in [0, 0.1) is 0 Å². The quantitative estimate of drug-likeness (QED) is 0.260. The van der Waals surface area contributed by atoms with E-state index in [2.05, 4.69) is 10.9 Å². The summed E-state index contributed by atoms with van der Waals surface area (Å²) in [7, 11) is 0. The second-order valence-corrected chi connectivity index (χ2v) is 5.36. The van der Waals surface area contributed by atoms with Gasteiger partial charge < -0.3 is 10.8 Å². The fourth-order valence-corrected chi connectivity index (χ4v) is 2.00. The average Bonchev–Trinajstić information content (AvgIpc) is 1.96. The van der Waals surface area contributed by atoms with Gasteiger partial charge in [-0.1, -0.05) is 17.0 Å². The Labute approximate surface area is 78.2 Å². The minimum Gasteiger partial charge on any atom is -0.375 e. The Kier molecular flexibility index (Phi) is 8.56. The van der Waals surface area contributed by atoms with Crippen molar-refractivity contribution in [3.63, 3.8) is 0 Å². The van der Waals surface area contributed by atoms with Gasteiger partial charge >= 0.3 is 0 Å². The highest BCUT2D eigenvalue weighted by molar-refractivity contribution is 14.2. The second kappa shape index (κ2) is 8.36. The first kappa shape index (κ1) is 11.3. The predicted molar refractivity (Wildman–Crippen MR) is 59.2 cm³/mol. The molecule has 0 aliphatic rings. The van der Waals surface area contributed by atoms with E-state index in [4.69, 9.17) is 10.8 Å². The Balaban J connectivity index is 3.20. The Hall–Kier alpha value is 0.260. The van der Waals surface area contributed by atoms with Crippen LogP contribution in [0.25, 0.3) is 0 Å². The Bertz CT molecular complexity index is 132. The van der Waals surface area contributed by atoms with E-state index in [-0.39, 0.29) is 0 Å². The van der Waals surface area contributed by atoms with Crippen LogP contribution in [0.3, 0.4) is 0 Å². The van der Waals surface area contributed by atoms with Crippen LogP contribution in [0.1, 0.15) is 19.8 Å². The van der Waals surface area contributed by atoms with Crippen molar-refractivity contribution < 1.29 is 5.11 Å². The highest BCUT2D eigenvalue weighted by Gasteiger charge is 1.82. The van der Waals surface area contributed by atoms with Crippen molar-refractivity contribution in [2.75, 3.05) is 4.43 Å². The van der Waals surface area contributed by atoms with Crippen molar-refractivity contribution in [2.24, 2.45) is 5.73 Å². The van der Waals surface area contributed by atoms with Gasteiger partial charge in [0.05, 0.1) is 0 Å². The first-order valence-electron chi connectivity index (χ1n) is 3.77. The molecule has 0 saturated heterocycles. The number of hydrogen-bond acceptors (Lipinski definition) is 2. The number of nitrogens with two attached hydrogens (primary N) is 1. The third-order valence-electron chi connectivity index (χ3n) is 1.04. The third kappa shape index (κ3) is 10.3. The summed E-state index contributed by atoms with van der Waals surface area (Å²) in [4.78, 5) is 0. The fourth-order valence-electron chi connectivity index (χ4n) is 0.581. The molecule has 0 aliphatic heterocycles. The molecule has 0 bridgehead atoms. The van der Waals surface area contributed by atoms with Crippen molar-refractivity contribution >= 4 is 24.7 Å². The molecule has 1 atom stereocenters. The van der Waals surface area contributed by atoms with Crippen LogP contribution < -0.4 is 5.73 Å². The van der Waals surface area contributed by atoms with E-state index in [1.165, 1.54) is 4.43 Å². The molecule has 0 aromatic carbocycles. The van der Waals surface area contributed by atoms with Crippen molar-refractivity contribution in [1.29, 1.82) is 0 Å². The molecule has 2 nitrogen and oxygen atoms in total. The lowest BCUT2D eigenvalue weighted by Gasteiger charge is -1.92. The van der Waals surface area contributed by atoms with E-state index in [0.29, 0.717) is 20.7 Å². The zero-order valence-electron chi connectivity index (χ0n) is 6.83. The summed E-state index contributed by atoms with van der Waals surface area (Å²) in [5.41, 5.74) is 5.10.